The van der Waals surface area contributed by atoms with Crippen LogP contribution in [0, 0.1) is 0 Å². The van der Waals surface area contributed by atoms with Crippen LogP contribution < -0.4 is 0 Å². The number of rotatable bonds is 16. The summed E-state index contributed by atoms with van der Waals surface area (Å²) in [6.45, 7) is 5.69. The summed E-state index contributed by atoms with van der Waals surface area (Å²) >= 11 is 2.72. The first kappa shape index (κ1) is 31.2. The van der Waals surface area contributed by atoms with Gasteiger partial charge in [0.25, 0.3) is 0 Å². The van der Waals surface area contributed by atoms with Crippen LogP contribution in [0.1, 0.15) is 38.8 Å². The van der Waals surface area contributed by atoms with E-state index >= 15 is 0 Å². The fourth-order valence-electron chi connectivity index (χ4n) is 3.20. The summed E-state index contributed by atoms with van der Waals surface area (Å²) in [5.41, 5.74) is 1.17. The van der Waals surface area contributed by atoms with Crippen molar-refractivity contribution in [3.63, 3.8) is 0 Å². The third-order valence-electron chi connectivity index (χ3n) is 4.71. The Hall–Kier alpha value is -1.02. The van der Waals surface area contributed by atoms with Crippen LogP contribution in [0.5, 0.6) is 0 Å². The van der Waals surface area contributed by atoms with Gasteiger partial charge in [-0.2, -0.15) is 16.8 Å². The quantitative estimate of drug-likeness (QED) is 0.102. The Morgan fingerprint density at radius 3 is 1.42 bits per heavy atom. The van der Waals surface area contributed by atoms with Gasteiger partial charge in [-0.25, -0.2) is 8.37 Å². The zero-order chi connectivity index (χ0) is 26.8. The van der Waals surface area contributed by atoms with Gasteiger partial charge in [-0.15, -0.1) is 23.5 Å². The molecular weight excluding hydrogens is 567 g/mol. The van der Waals surface area contributed by atoms with Crippen LogP contribution in [0.15, 0.2) is 56.0 Å². The van der Waals surface area contributed by atoms with Gasteiger partial charge in [0, 0.05) is 14.4 Å². The number of benzene rings is 2. The van der Waals surface area contributed by atoms with E-state index in [1.165, 1.54) is 23.5 Å². The lowest BCUT2D eigenvalue weighted by molar-refractivity contribution is 0.0752. The van der Waals surface area contributed by atoms with E-state index in [1.54, 1.807) is 36.4 Å². The van der Waals surface area contributed by atoms with Crippen molar-refractivity contribution in [3.8, 4) is 0 Å². The Kier molecular flexibility index (Phi) is 12.8. The minimum Gasteiger partial charge on any atom is -0.232 e. The molecule has 14 heteroatoms. The van der Waals surface area contributed by atoms with E-state index in [4.69, 9.17) is 17.4 Å². The average Bonchev–Trinajstić information content (AvgIpc) is 2.83. The van der Waals surface area contributed by atoms with Crippen LogP contribution in [-0.2, 0) is 55.1 Å². The molecule has 0 heterocycles. The van der Waals surface area contributed by atoms with Crippen LogP contribution in [0.3, 0.4) is 0 Å². The Morgan fingerprint density at radius 1 is 0.694 bits per heavy atom. The molecule has 0 fully saturated rings. The molecule has 0 saturated carbocycles. The minimum atomic E-state index is -4.21. The van der Waals surface area contributed by atoms with Gasteiger partial charge in [0.2, 0.25) is 13.6 Å². The molecule has 0 atom stereocenters. The molecule has 0 aliphatic heterocycles. The summed E-state index contributed by atoms with van der Waals surface area (Å²) in [5.74, 6) is 1.33. The van der Waals surface area contributed by atoms with E-state index in [9.17, 15) is 21.4 Å². The number of thioether (sulfide) groups is 2. The molecule has 2 aromatic rings. The van der Waals surface area contributed by atoms with Crippen LogP contribution in [0.2, 0.25) is 0 Å². The van der Waals surface area contributed by atoms with Crippen molar-refractivity contribution in [1.29, 1.82) is 0 Å². The van der Waals surface area contributed by atoms with Gasteiger partial charge >= 0.3 is 28.5 Å². The Balaban J connectivity index is 1.98. The monoisotopic (exact) mass is 597 g/mol. The van der Waals surface area contributed by atoms with Crippen molar-refractivity contribution in [2.45, 2.75) is 60.1 Å². The van der Waals surface area contributed by atoms with Crippen molar-refractivity contribution in [2.75, 3.05) is 25.1 Å². The van der Waals surface area contributed by atoms with Crippen molar-refractivity contribution >= 4 is 52.0 Å². The third kappa shape index (κ3) is 8.50. The number of aryl methyl sites for hydroxylation is 2. The average molecular weight is 598 g/mol. The molecule has 0 saturated heterocycles. The molecule has 0 aromatic heterocycles. The molecule has 0 radical (unpaired) electrons. The van der Waals surface area contributed by atoms with Gasteiger partial charge < -0.3 is 0 Å². The second-order valence-corrected chi connectivity index (χ2v) is 13.6. The number of hydrogen-bond acceptors (Lipinski definition) is 11. The molecule has 2 aromatic carbocycles. The Labute approximate surface area is 222 Å². The van der Waals surface area contributed by atoms with E-state index in [1.807, 2.05) is 27.7 Å². The fourth-order valence-corrected chi connectivity index (χ4v) is 8.43. The van der Waals surface area contributed by atoms with Crippen LogP contribution >= 0.6 is 31.8 Å². The predicted molar refractivity (Wildman–Crippen MR) is 140 cm³/mol. The SMILES string of the molecule is CCSc1cccc(CC)c1S(=O)(=O)OCO[P+](=O)OCOS(=O)(=O)c1c(CC)cccc1SCC. The molecule has 36 heavy (non-hydrogen) atoms. The maximum absolute atomic E-state index is 12.8. The summed E-state index contributed by atoms with van der Waals surface area (Å²) in [4.78, 5) is 1.18. The van der Waals surface area contributed by atoms with Crippen molar-refractivity contribution in [2.24, 2.45) is 0 Å². The molecule has 0 aliphatic carbocycles. The lowest BCUT2D eigenvalue weighted by Crippen LogP contribution is -2.13. The van der Waals surface area contributed by atoms with Crippen molar-refractivity contribution < 1.29 is 38.8 Å². The first-order valence-corrected chi connectivity index (χ1v) is 17.0. The van der Waals surface area contributed by atoms with Gasteiger partial charge in [-0.05, 0) is 47.6 Å². The highest BCUT2D eigenvalue weighted by atomic mass is 32.2. The van der Waals surface area contributed by atoms with Gasteiger partial charge in [0.05, 0.1) is 0 Å². The first-order chi connectivity index (χ1) is 17.1. The summed E-state index contributed by atoms with van der Waals surface area (Å²) in [6.07, 6.45) is 0.944. The molecule has 0 amide bonds. The first-order valence-electron chi connectivity index (χ1n) is 11.1. The molecule has 9 nitrogen and oxygen atoms in total. The maximum Gasteiger partial charge on any atom is 0.702 e. The minimum absolute atomic E-state index is 0.0452. The molecule has 0 aliphatic rings. The smallest absolute Gasteiger partial charge is 0.232 e. The highest BCUT2D eigenvalue weighted by Crippen LogP contribution is 2.33. The highest BCUT2D eigenvalue weighted by molar-refractivity contribution is 8.00. The molecule has 2 rings (SSSR count). The molecule has 200 valence electrons. The second-order valence-electron chi connectivity index (χ2n) is 6.92. The largest absolute Gasteiger partial charge is 0.702 e. The van der Waals surface area contributed by atoms with E-state index in [0.717, 1.165) is 0 Å². The topological polar surface area (TPSA) is 122 Å². The molecule has 0 N–H and O–H groups in total. The zero-order valence-corrected chi connectivity index (χ0v) is 24.6. The summed E-state index contributed by atoms with van der Waals surface area (Å²) in [7, 11) is -11.3. The predicted octanol–water partition coefficient (Wildman–Crippen LogP) is 5.75. The lowest BCUT2D eigenvalue weighted by Gasteiger charge is -2.13. The van der Waals surface area contributed by atoms with E-state index in [-0.39, 0.29) is 9.79 Å². The summed E-state index contributed by atoms with van der Waals surface area (Å²) < 4.78 is 82.6. The fraction of sp³-hybridized carbons (Fsp3) is 0.455. The summed E-state index contributed by atoms with van der Waals surface area (Å²) in [5, 5.41) is 0. The van der Waals surface area contributed by atoms with Crippen LogP contribution in [-0.4, -0.2) is 41.9 Å². The standard InChI is InChI=1S/C22H30O9PS4/c1-5-17-11-9-13-19(33-7-3)21(17)35(24,25)30-15-28-32(23)29-16-31-36(26,27)22-18(6-2)12-10-14-20(22)34-8-4/h9-14H,5-8,15-16H2,1-4H3/q+1. The zero-order valence-electron chi connectivity index (χ0n) is 20.5. The van der Waals surface area contributed by atoms with Crippen LogP contribution in [0.4, 0.5) is 0 Å². The molecule has 0 unspecified atom stereocenters. The summed E-state index contributed by atoms with van der Waals surface area (Å²) in [6, 6.07) is 10.3. The van der Waals surface area contributed by atoms with Crippen molar-refractivity contribution in [3.05, 3.63) is 47.5 Å². The normalized spacial score (nSPS) is 12.1. The van der Waals surface area contributed by atoms with Gasteiger partial charge in [-0.3, -0.25) is 0 Å². The lowest BCUT2D eigenvalue weighted by atomic mass is 10.2. The molecule has 0 bridgehead atoms. The van der Waals surface area contributed by atoms with Gasteiger partial charge in [0.1, 0.15) is 9.79 Å². The van der Waals surface area contributed by atoms with E-state index in [2.05, 4.69) is 0 Å². The third-order valence-corrected chi connectivity index (χ3v) is 10.3. The highest BCUT2D eigenvalue weighted by Gasteiger charge is 2.29. The van der Waals surface area contributed by atoms with Gasteiger partial charge in [-0.1, -0.05) is 61.0 Å². The Bertz CT molecular complexity index is 1150. The number of hydrogen-bond donors (Lipinski definition) is 0. The Morgan fingerprint density at radius 2 is 1.08 bits per heavy atom. The van der Waals surface area contributed by atoms with E-state index < -0.39 is 42.1 Å². The van der Waals surface area contributed by atoms with Crippen LogP contribution in [0.25, 0.3) is 0 Å². The van der Waals surface area contributed by atoms with E-state index in [0.29, 0.717) is 45.3 Å². The second kappa shape index (κ2) is 14.8. The van der Waals surface area contributed by atoms with Crippen molar-refractivity contribution in [1.82, 2.24) is 0 Å². The maximum atomic E-state index is 12.8. The molecular formula is C22H30O9PS4+. The molecule has 0 spiro atoms. The van der Waals surface area contributed by atoms with Gasteiger partial charge in [0.15, 0.2) is 0 Å².